The largest absolute Gasteiger partial charge is 0.382 e. The lowest BCUT2D eigenvalue weighted by molar-refractivity contribution is 0.0958. The summed E-state index contributed by atoms with van der Waals surface area (Å²) in [6.45, 7) is 8.02. The fourth-order valence-corrected chi connectivity index (χ4v) is 2.26. The number of hydrogen-bond acceptors (Lipinski definition) is 2. The standard InChI is InChI=1S/C14H18N2OSi/c1-18(2,3)10-7-11-5-4-6-12-13(11)15-8-9-16-14(12)17/h4-6,15H,8-9H2,1-3H3,(H,16,17). The summed E-state index contributed by atoms with van der Waals surface area (Å²) in [4.78, 5) is 11.9. The van der Waals surface area contributed by atoms with Crippen LogP contribution in [0.15, 0.2) is 18.2 Å². The monoisotopic (exact) mass is 258 g/mol. The van der Waals surface area contributed by atoms with Crippen LogP contribution < -0.4 is 10.6 Å². The second-order valence-electron chi connectivity index (χ2n) is 5.41. The van der Waals surface area contributed by atoms with E-state index in [0.717, 1.165) is 17.8 Å². The van der Waals surface area contributed by atoms with E-state index in [1.807, 2.05) is 18.2 Å². The quantitative estimate of drug-likeness (QED) is 0.552. The molecule has 0 radical (unpaired) electrons. The van der Waals surface area contributed by atoms with Gasteiger partial charge in [-0.2, -0.15) is 0 Å². The van der Waals surface area contributed by atoms with Crippen LogP contribution in [0.4, 0.5) is 5.69 Å². The molecule has 0 aliphatic carbocycles. The number of anilines is 1. The summed E-state index contributed by atoms with van der Waals surface area (Å²) < 4.78 is 0. The third-order valence-corrected chi connectivity index (χ3v) is 3.47. The smallest absolute Gasteiger partial charge is 0.253 e. The average Bonchev–Trinajstić information content (AvgIpc) is 2.49. The normalized spacial score (nSPS) is 14.5. The Hall–Kier alpha value is -1.73. The first-order valence-electron chi connectivity index (χ1n) is 6.16. The molecule has 4 heteroatoms. The molecule has 0 atom stereocenters. The van der Waals surface area contributed by atoms with Gasteiger partial charge in [0.1, 0.15) is 8.07 Å². The number of para-hydroxylation sites is 1. The fourth-order valence-electron chi connectivity index (χ4n) is 1.75. The molecule has 1 heterocycles. The van der Waals surface area contributed by atoms with Crippen molar-refractivity contribution in [1.82, 2.24) is 5.32 Å². The third kappa shape index (κ3) is 2.93. The number of carbonyl (C=O) groups is 1. The lowest BCUT2D eigenvalue weighted by atomic mass is 10.1. The van der Waals surface area contributed by atoms with Gasteiger partial charge in [0.25, 0.3) is 5.91 Å². The molecule has 18 heavy (non-hydrogen) atoms. The second kappa shape index (κ2) is 4.87. The molecule has 1 aliphatic heterocycles. The summed E-state index contributed by atoms with van der Waals surface area (Å²) in [5, 5.41) is 6.15. The van der Waals surface area contributed by atoms with E-state index >= 15 is 0 Å². The molecular weight excluding hydrogens is 240 g/mol. The van der Waals surface area contributed by atoms with Gasteiger partial charge in [0.05, 0.1) is 11.3 Å². The minimum atomic E-state index is -1.40. The zero-order chi connectivity index (χ0) is 13.2. The molecule has 0 bridgehead atoms. The molecule has 0 unspecified atom stereocenters. The van der Waals surface area contributed by atoms with Crippen molar-refractivity contribution < 1.29 is 4.79 Å². The van der Waals surface area contributed by atoms with Gasteiger partial charge in [0.15, 0.2) is 0 Å². The molecule has 1 aliphatic rings. The maximum atomic E-state index is 11.9. The number of hydrogen-bond donors (Lipinski definition) is 2. The maximum Gasteiger partial charge on any atom is 0.253 e. The number of nitrogens with one attached hydrogen (secondary N) is 2. The molecule has 1 aromatic rings. The highest BCUT2D eigenvalue weighted by atomic mass is 28.3. The van der Waals surface area contributed by atoms with Crippen molar-refractivity contribution in [3.05, 3.63) is 29.3 Å². The summed E-state index contributed by atoms with van der Waals surface area (Å²) in [5.74, 6) is 3.21. The van der Waals surface area contributed by atoms with Crippen LogP contribution in [0.3, 0.4) is 0 Å². The molecule has 0 spiro atoms. The van der Waals surface area contributed by atoms with Crippen LogP contribution >= 0.6 is 0 Å². The van der Waals surface area contributed by atoms with E-state index in [-0.39, 0.29) is 5.91 Å². The molecule has 3 nitrogen and oxygen atoms in total. The molecule has 2 N–H and O–H groups in total. The van der Waals surface area contributed by atoms with E-state index in [4.69, 9.17) is 0 Å². The van der Waals surface area contributed by atoms with E-state index in [1.54, 1.807) is 0 Å². The average molecular weight is 258 g/mol. The zero-order valence-electron chi connectivity index (χ0n) is 11.1. The van der Waals surface area contributed by atoms with Crippen molar-refractivity contribution in [3.8, 4) is 11.5 Å². The van der Waals surface area contributed by atoms with Crippen LogP contribution in [0.1, 0.15) is 15.9 Å². The number of fused-ring (bicyclic) bond motifs is 1. The van der Waals surface area contributed by atoms with Gasteiger partial charge in [-0.1, -0.05) is 31.6 Å². The van der Waals surface area contributed by atoms with E-state index in [0.29, 0.717) is 12.1 Å². The minimum absolute atomic E-state index is 0.0216. The molecular formula is C14H18N2OSi. The van der Waals surface area contributed by atoms with Gasteiger partial charge >= 0.3 is 0 Å². The molecule has 1 amide bonds. The Morgan fingerprint density at radius 2 is 1.89 bits per heavy atom. The van der Waals surface area contributed by atoms with Crippen molar-refractivity contribution >= 4 is 19.7 Å². The van der Waals surface area contributed by atoms with Crippen molar-refractivity contribution in [2.75, 3.05) is 18.4 Å². The first-order valence-corrected chi connectivity index (χ1v) is 9.66. The van der Waals surface area contributed by atoms with Crippen molar-refractivity contribution in [1.29, 1.82) is 0 Å². The molecule has 0 aromatic heterocycles. The molecule has 0 fully saturated rings. The molecule has 0 saturated carbocycles. The summed E-state index contributed by atoms with van der Waals surface area (Å²) in [5.41, 5.74) is 5.83. The summed E-state index contributed by atoms with van der Waals surface area (Å²) in [6, 6.07) is 5.69. The number of benzene rings is 1. The topological polar surface area (TPSA) is 41.1 Å². The van der Waals surface area contributed by atoms with E-state index in [9.17, 15) is 4.79 Å². The Bertz CT molecular complexity index is 535. The molecule has 1 aromatic carbocycles. The SMILES string of the molecule is C[Si](C)(C)C#Cc1cccc2c1NCCNC2=O. The van der Waals surface area contributed by atoms with Gasteiger partial charge in [-0.05, 0) is 12.1 Å². The van der Waals surface area contributed by atoms with Crippen LogP contribution in [-0.4, -0.2) is 27.1 Å². The van der Waals surface area contributed by atoms with Crippen LogP contribution in [0, 0.1) is 11.5 Å². The third-order valence-electron chi connectivity index (χ3n) is 2.59. The Kier molecular flexibility index (Phi) is 3.44. The van der Waals surface area contributed by atoms with Crippen LogP contribution in [0.5, 0.6) is 0 Å². The Morgan fingerprint density at radius 3 is 2.61 bits per heavy atom. The highest BCUT2D eigenvalue weighted by Gasteiger charge is 2.16. The number of rotatable bonds is 0. The van der Waals surface area contributed by atoms with Gasteiger partial charge in [0.2, 0.25) is 0 Å². The highest BCUT2D eigenvalue weighted by Crippen LogP contribution is 2.21. The minimum Gasteiger partial charge on any atom is -0.382 e. The molecule has 2 rings (SSSR count). The summed E-state index contributed by atoms with van der Waals surface area (Å²) in [6.07, 6.45) is 0. The maximum absolute atomic E-state index is 11.9. The Balaban J connectivity index is 2.46. The van der Waals surface area contributed by atoms with Gasteiger partial charge < -0.3 is 10.6 Å². The van der Waals surface area contributed by atoms with Crippen molar-refractivity contribution in [2.45, 2.75) is 19.6 Å². The molecule has 0 saturated heterocycles. The Labute approximate surface area is 109 Å². The lowest BCUT2D eigenvalue weighted by Crippen LogP contribution is -2.24. The summed E-state index contributed by atoms with van der Waals surface area (Å²) >= 11 is 0. The van der Waals surface area contributed by atoms with Gasteiger partial charge in [-0.15, -0.1) is 5.54 Å². The first-order chi connectivity index (χ1) is 8.47. The second-order valence-corrected chi connectivity index (χ2v) is 10.2. The van der Waals surface area contributed by atoms with E-state index < -0.39 is 8.07 Å². The van der Waals surface area contributed by atoms with Crippen LogP contribution in [-0.2, 0) is 0 Å². The van der Waals surface area contributed by atoms with E-state index in [2.05, 4.69) is 41.7 Å². The van der Waals surface area contributed by atoms with Crippen LogP contribution in [0.2, 0.25) is 19.6 Å². The fraction of sp³-hybridized carbons (Fsp3) is 0.357. The first kappa shape index (κ1) is 12.7. The van der Waals surface area contributed by atoms with E-state index in [1.165, 1.54) is 0 Å². The van der Waals surface area contributed by atoms with Crippen molar-refractivity contribution in [2.24, 2.45) is 0 Å². The number of carbonyl (C=O) groups excluding carboxylic acids is 1. The number of amides is 1. The van der Waals surface area contributed by atoms with Crippen molar-refractivity contribution in [3.63, 3.8) is 0 Å². The van der Waals surface area contributed by atoms with Crippen LogP contribution in [0.25, 0.3) is 0 Å². The predicted molar refractivity (Wildman–Crippen MR) is 77.5 cm³/mol. The van der Waals surface area contributed by atoms with Gasteiger partial charge in [-0.3, -0.25) is 4.79 Å². The zero-order valence-corrected chi connectivity index (χ0v) is 12.1. The highest BCUT2D eigenvalue weighted by molar-refractivity contribution is 6.83. The van der Waals surface area contributed by atoms with Gasteiger partial charge in [-0.25, -0.2) is 0 Å². The van der Waals surface area contributed by atoms with Gasteiger partial charge in [0, 0.05) is 18.7 Å². The summed E-state index contributed by atoms with van der Waals surface area (Å²) in [7, 11) is -1.40. The lowest BCUT2D eigenvalue weighted by Gasteiger charge is -2.09. The molecule has 94 valence electrons. The predicted octanol–water partition coefficient (Wildman–Crippen LogP) is 2.07. The Morgan fingerprint density at radius 1 is 1.17 bits per heavy atom.